The van der Waals surface area contributed by atoms with Crippen LogP contribution in [0.5, 0.6) is 5.88 Å². The van der Waals surface area contributed by atoms with Gasteiger partial charge in [-0.15, -0.1) is 0 Å². The summed E-state index contributed by atoms with van der Waals surface area (Å²) in [7, 11) is 1.45. The second-order valence-corrected chi connectivity index (χ2v) is 4.49. The van der Waals surface area contributed by atoms with E-state index < -0.39 is 11.9 Å². The standard InChI is InChI=1S/C13H16N2O4/c1-19-11-10(5-2-6-14-11)12(16)15-7-3-4-9(8-15)13(17)18/h2,5-6,9H,3-4,7-8H2,1H3,(H,17,18)/t9-/m1/s1. The minimum absolute atomic E-state index is 0.226. The van der Waals surface area contributed by atoms with Gasteiger partial charge in [-0.05, 0) is 25.0 Å². The van der Waals surface area contributed by atoms with Crippen molar-refractivity contribution in [1.29, 1.82) is 0 Å². The van der Waals surface area contributed by atoms with Gasteiger partial charge in [0.1, 0.15) is 5.56 Å². The van der Waals surface area contributed by atoms with Gasteiger partial charge in [-0.1, -0.05) is 0 Å². The highest BCUT2D eigenvalue weighted by atomic mass is 16.5. The molecule has 1 N–H and O–H groups in total. The summed E-state index contributed by atoms with van der Waals surface area (Å²) in [6.45, 7) is 0.812. The Hall–Kier alpha value is -2.11. The van der Waals surface area contributed by atoms with Gasteiger partial charge in [-0.2, -0.15) is 0 Å². The predicted octanol–water partition coefficient (Wildman–Crippen LogP) is 1.03. The van der Waals surface area contributed by atoms with E-state index in [1.54, 1.807) is 23.2 Å². The predicted molar refractivity (Wildman–Crippen MR) is 67.1 cm³/mol. The number of ether oxygens (including phenoxy) is 1. The molecule has 0 unspecified atom stereocenters. The second kappa shape index (κ2) is 5.69. The molecular formula is C13H16N2O4. The van der Waals surface area contributed by atoms with E-state index >= 15 is 0 Å². The van der Waals surface area contributed by atoms with Crippen molar-refractivity contribution in [2.75, 3.05) is 20.2 Å². The van der Waals surface area contributed by atoms with E-state index in [0.29, 0.717) is 24.9 Å². The molecule has 2 rings (SSSR count). The zero-order chi connectivity index (χ0) is 13.8. The van der Waals surface area contributed by atoms with Gasteiger partial charge < -0.3 is 14.7 Å². The molecule has 0 bridgehead atoms. The van der Waals surface area contributed by atoms with Crippen LogP contribution in [0, 0.1) is 5.92 Å². The number of carbonyl (C=O) groups is 2. The molecule has 1 atom stereocenters. The molecule has 1 aliphatic heterocycles. The maximum Gasteiger partial charge on any atom is 0.308 e. The summed E-state index contributed by atoms with van der Waals surface area (Å²) in [5.74, 6) is -1.29. The van der Waals surface area contributed by atoms with Crippen LogP contribution < -0.4 is 4.74 Å². The van der Waals surface area contributed by atoms with Crippen molar-refractivity contribution in [3.8, 4) is 5.88 Å². The van der Waals surface area contributed by atoms with Gasteiger partial charge in [0.25, 0.3) is 5.91 Å². The molecule has 102 valence electrons. The number of rotatable bonds is 3. The van der Waals surface area contributed by atoms with Gasteiger partial charge in [0, 0.05) is 19.3 Å². The SMILES string of the molecule is COc1ncccc1C(=O)N1CCC[C@@H](C(=O)O)C1. The molecule has 6 heteroatoms. The Balaban J connectivity index is 2.17. The summed E-state index contributed by atoms with van der Waals surface area (Å²) in [5, 5.41) is 9.03. The fourth-order valence-corrected chi connectivity index (χ4v) is 2.25. The number of amides is 1. The van der Waals surface area contributed by atoms with Crippen molar-refractivity contribution in [3.63, 3.8) is 0 Å². The topological polar surface area (TPSA) is 79.7 Å². The van der Waals surface area contributed by atoms with Gasteiger partial charge in [0.05, 0.1) is 13.0 Å². The number of carboxylic acids is 1. The molecule has 1 aliphatic rings. The summed E-state index contributed by atoms with van der Waals surface area (Å²) in [6.07, 6.45) is 2.86. The first-order valence-corrected chi connectivity index (χ1v) is 6.14. The fraction of sp³-hybridized carbons (Fsp3) is 0.462. The average molecular weight is 264 g/mol. The number of hydrogen-bond donors (Lipinski definition) is 1. The molecule has 1 amide bonds. The lowest BCUT2D eigenvalue weighted by Gasteiger charge is -2.30. The largest absolute Gasteiger partial charge is 0.481 e. The smallest absolute Gasteiger partial charge is 0.308 e. The van der Waals surface area contributed by atoms with E-state index in [-0.39, 0.29) is 18.3 Å². The lowest BCUT2D eigenvalue weighted by Crippen LogP contribution is -2.42. The molecule has 0 aromatic carbocycles. The molecule has 0 aliphatic carbocycles. The fourth-order valence-electron chi connectivity index (χ4n) is 2.25. The Morgan fingerprint density at radius 1 is 1.53 bits per heavy atom. The third-order valence-corrected chi connectivity index (χ3v) is 3.25. The monoisotopic (exact) mass is 264 g/mol. The van der Waals surface area contributed by atoms with Crippen molar-refractivity contribution >= 4 is 11.9 Å². The molecular weight excluding hydrogens is 248 g/mol. The summed E-state index contributed by atoms with van der Waals surface area (Å²) in [4.78, 5) is 28.9. The molecule has 0 saturated carbocycles. The van der Waals surface area contributed by atoms with Gasteiger partial charge >= 0.3 is 5.97 Å². The maximum atomic E-state index is 12.4. The second-order valence-electron chi connectivity index (χ2n) is 4.49. The van der Waals surface area contributed by atoms with Crippen molar-refractivity contribution < 1.29 is 19.4 Å². The van der Waals surface area contributed by atoms with E-state index in [4.69, 9.17) is 9.84 Å². The van der Waals surface area contributed by atoms with Crippen molar-refractivity contribution in [3.05, 3.63) is 23.9 Å². The number of carbonyl (C=O) groups excluding carboxylic acids is 1. The van der Waals surface area contributed by atoms with Crippen molar-refractivity contribution in [2.24, 2.45) is 5.92 Å². The molecule has 6 nitrogen and oxygen atoms in total. The van der Waals surface area contributed by atoms with E-state index in [9.17, 15) is 9.59 Å². The van der Waals surface area contributed by atoms with Crippen LogP contribution in [0.15, 0.2) is 18.3 Å². The third kappa shape index (κ3) is 2.83. The molecule has 1 saturated heterocycles. The number of likely N-dealkylation sites (tertiary alicyclic amines) is 1. The van der Waals surface area contributed by atoms with Crippen LogP contribution in [-0.2, 0) is 4.79 Å². The van der Waals surface area contributed by atoms with Crippen LogP contribution in [0.1, 0.15) is 23.2 Å². The Kier molecular flexibility index (Phi) is 3.99. The third-order valence-electron chi connectivity index (χ3n) is 3.25. The summed E-state index contributed by atoms with van der Waals surface area (Å²) < 4.78 is 5.06. The van der Waals surface area contributed by atoms with Crippen LogP contribution in [-0.4, -0.2) is 47.1 Å². The van der Waals surface area contributed by atoms with Crippen LogP contribution in [0.2, 0.25) is 0 Å². The van der Waals surface area contributed by atoms with E-state index in [2.05, 4.69) is 4.98 Å². The quantitative estimate of drug-likeness (QED) is 0.882. The molecule has 1 fully saturated rings. The zero-order valence-electron chi connectivity index (χ0n) is 10.7. The van der Waals surface area contributed by atoms with Crippen LogP contribution in [0.3, 0.4) is 0 Å². The molecule has 1 aromatic heterocycles. The average Bonchev–Trinajstić information content (AvgIpc) is 2.46. The molecule has 1 aromatic rings. The summed E-state index contributed by atoms with van der Waals surface area (Å²) in [5.41, 5.74) is 0.371. The highest BCUT2D eigenvalue weighted by molar-refractivity contribution is 5.96. The number of aliphatic carboxylic acids is 1. The first-order valence-electron chi connectivity index (χ1n) is 6.14. The number of nitrogens with zero attached hydrogens (tertiary/aromatic N) is 2. The maximum absolute atomic E-state index is 12.4. The van der Waals surface area contributed by atoms with E-state index in [1.807, 2.05) is 0 Å². The normalized spacial score (nSPS) is 19.0. The number of methoxy groups -OCH3 is 1. The Bertz CT molecular complexity index is 489. The van der Waals surface area contributed by atoms with Gasteiger partial charge in [-0.25, -0.2) is 4.98 Å². The van der Waals surface area contributed by atoms with Crippen molar-refractivity contribution in [2.45, 2.75) is 12.8 Å². The Labute approximate surface area is 111 Å². The first-order chi connectivity index (χ1) is 9.13. The number of hydrogen-bond acceptors (Lipinski definition) is 4. The number of aromatic nitrogens is 1. The summed E-state index contributed by atoms with van der Waals surface area (Å²) >= 11 is 0. The van der Waals surface area contributed by atoms with Crippen LogP contribution >= 0.6 is 0 Å². The molecule has 0 spiro atoms. The summed E-state index contributed by atoms with van der Waals surface area (Å²) in [6, 6.07) is 3.30. The first kappa shape index (κ1) is 13.3. The minimum Gasteiger partial charge on any atom is -0.481 e. The molecule has 19 heavy (non-hydrogen) atoms. The van der Waals surface area contributed by atoms with Gasteiger partial charge in [-0.3, -0.25) is 9.59 Å². The van der Waals surface area contributed by atoms with Crippen molar-refractivity contribution in [1.82, 2.24) is 9.88 Å². The lowest BCUT2D eigenvalue weighted by atomic mass is 9.98. The van der Waals surface area contributed by atoms with E-state index in [0.717, 1.165) is 0 Å². The highest BCUT2D eigenvalue weighted by Gasteiger charge is 2.29. The number of pyridine rings is 1. The minimum atomic E-state index is -0.851. The van der Waals surface area contributed by atoms with Crippen LogP contribution in [0.25, 0.3) is 0 Å². The Morgan fingerprint density at radius 2 is 2.32 bits per heavy atom. The van der Waals surface area contributed by atoms with Gasteiger partial charge in [0.2, 0.25) is 5.88 Å². The lowest BCUT2D eigenvalue weighted by molar-refractivity contribution is -0.143. The van der Waals surface area contributed by atoms with Crippen LogP contribution in [0.4, 0.5) is 0 Å². The zero-order valence-corrected chi connectivity index (χ0v) is 10.7. The number of piperidine rings is 1. The molecule has 0 radical (unpaired) electrons. The highest BCUT2D eigenvalue weighted by Crippen LogP contribution is 2.22. The molecule has 2 heterocycles. The number of carboxylic acid groups (broad SMARTS) is 1. The van der Waals surface area contributed by atoms with Gasteiger partial charge in [0.15, 0.2) is 0 Å². The Morgan fingerprint density at radius 3 is 3.00 bits per heavy atom. The van der Waals surface area contributed by atoms with E-state index in [1.165, 1.54) is 7.11 Å².